The molecule has 0 aromatic heterocycles. The van der Waals surface area contributed by atoms with E-state index in [1.165, 1.54) is 63.7 Å². The lowest BCUT2D eigenvalue weighted by Crippen LogP contribution is -2.35. The molecular weight excluding hydrogens is 256 g/mol. The number of anilines is 1. The Hall–Kier alpha value is -1.02. The molecule has 1 aromatic carbocycles. The average Bonchev–Trinajstić information content (AvgIpc) is 2.56. The lowest BCUT2D eigenvalue weighted by molar-refractivity contribution is 0.343. The number of hydrogen-bond acceptors (Lipinski definition) is 2. The van der Waals surface area contributed by atoms with Gasteiger partial charge in [-0.05, 0) is 43.9 Å². The van der Waals surface area contributed by atoms with Crippen molar-refractivity contribution in [3.63, 3.8) is 0 Å². The Kier molecular flexibility index (Phi) is 7.66. The molecule has 1 aromatic rings. The highest BCUT2D eigenvalue weighted by atomic mass is 15.1. The first kappa shape index (κ1) is 16.4. The number of rotatable bonds is 9. The maximum atomic E-state index is 3.69. The van der Waals surface area contributed by atoms with Gasteiger partial charge in [-0.2, -0.15) is 0 Å². The zero-order valence-electron chi connectivity index (χ0n) is 13.7. The molecule has 21 heavy (non-hydrogen) atoms. The second-order valence-electron chi connectivity index (χ2n) is 6.38. The van der Waals surface area contributed by atoms with E-state index in [1.807, 2.05) is 0 Å². The normalized spacial score (nSPS) is 16.0. The van der Waals surface area contributed by atoms with Gasteiger partial charge in [0.1, 0.15) is 0 Å². The van der Waals surface area contributed by atoms with E-state index in [-0.39, 0.29) is 0 Å². The van der Waals surface area contributed by atoms with Gasteiger partial charge in [-0.3, -0.25) is 0 Å². The van der Waals surface area contributed by atoms with Gasteiger partial charge in [0, 0.05) is 25.3 Å². The summed E-state index contributed by atoms with van der Waals surface area (Å²) in [6, 6.07) is 10.9. The van der Waals surface area contributed by atoms with E-state index in [9.17, 15) is 0 Å². The van der Waals surface area contributed by atoms with Crippen LogP contribution < -0.4 is 10.2 Å². The highest BCUT2D eigenvalue weighted by molar-refractivity contribution is 5.45. The van der Waals surface area contributed by atoms with Crippen LogP contribution in [0.5, 0.6) is 0 Å². The third-order valence-electron chi connectivity index (χ3n) is 4.62. The minimum Gasteiger partial charge on any atom is -0.370 e. The van der Waals surface area contributed by atoms with E-state index >= 15 is 0 Å². The minimum atomic E-state index is 0.930. The molecule has 1 saturated carbocycles. The Balaban J connectivity index is 1.71. The Morgan fingerprint density at radius 2 is 1.81 bits per heavy atom. The third kappa shape index (κ3) is 6.09. The van der Waals surface area contributed by atoms with Crippen molar-refractivity contribution in [3.05, 3.63) is 30.3 Å². The molecule has 0 aliphatic heterocycles. The average molecular weight is 288 g/mol. The van der Waals surface area contributed by atoms with E-state index in [1.54, 1.807) is 0 Å². The van der Waals surface area contributed by atoms with E-state index in [4.69, 9.17) is 0 Å². The second-order valence-corrected chi connectivity index (χ2v) is 6.38. The van der Waals surface area contributed by atoms with Crippen LogP contribution in [0.3, 0.4) is 0 Å². The second kappa shape index (κ2) is 9.83. The molecule has 0 heterocycles. The molecule has 1 fully saturated rings. The molecule has 118 valence electrons. The Labute approximate surface area is 130 Å². The summed E-state index contributed by atoms with van der Waals surface area (Å²) in [7, 11) is 0. The number of nitrogens with zero attached hydrogens (tertiary/aromatic N) is 1. The predicted octanol–water partition coefficient (Wildman–Crippen LogP) is 4.46. The molecule has 0 unspecified atom stereocenters. The number of benzene rings is 1. The fourth-order valence-corrected chi connectivity index (χ4v) is 3.27. The SMILES string of the molecule is CCCCN(CCNCC1CCCCC1)c1ccccc1. The van der Waals surface area contributed by atoms with Gasteiger partial charge >= 0.3 is 0 Å². The van der Waals surface area contributed by atoms with Crippen molar-refractivity contribution in [1.82, 2.24) is 5.32 Å². The fourth-order valence-electron chi connectivity index (χ4n) is 3.27. The van der Waals surface area contributed by atoms with Gasteiger partial charge in [0.05, 0.1) is 0 Å². The number of hydrogen-bond donors (Lipinski definition) is 1. The highest BCUT2D eigenvalue weighted by Gasteiger charge is 2.12. The van der Waals surface area contributed by atoms with Crippen molar-refractivity contribution < 1.29 is 0 Å². The van der Waals surface area contributed by atoms with E-state index < -0.39 is 0 Å². The third-order valence-corrected chi connectivity index (χ3v) is 4.62. The summed E-state index contributed by atoms with van der Waals surface area (Å²) >= 11 is 0. The minimum absolute atomic E-state index is 0.930. The van der Waals surface area contributed by atoms with Crippen LogP contribution in [0.4, 0.5) is 5.69 Å². The van der Waals surface area contributed by atoms with Crippen LogP contribution >= 0.6 is 0 Å². The summed E-state index contributed by atoms with van der Waals surface area (Å²) in [5.74, 6) is 0.930. The molecule has 2 nitrogen and oxygen atoms in total. The first-order valence-corrected chi connectivity index (χ1v) is 8.91. The molecule has 0 spiro atoms. The predicted molar refractivity (Wildman–Crippen MR) is 93.0 cm³/mol. The molecule has 1 aliphatic carbocycles. The first-order valence-electron chi connectivity index (χ1n) is 8.91. The largest absolute Gasteiger partial charge is 0.370 e. The first-order chi connectivity index (χ1) is 10.4. The highest BCUT2D eigenvalue weighted by Crippen LogP contribution is 2.22. The zero-order valence-corrected chi connectivity index (χ0v) is 13.7. The summed E-state index contributed by atoms with van der Waals surface area (Å²) in [5, 5.41) is 3.69. The van der Waals surface area contributed by atoms with Crippen molar-refractivity contribution in [1.29, 1.82) is 0 Å². The van der Waals surface area contributed by atoms with Gasteiger partial charge in [-0.1, -0.05) is 50.8 Å². The van der Waals surface area contributed by atoms with Crippen LogP contribution in [-0.2, 0) is 0 Å². The van der Waals surface area contributed by atoms with Crippen molar-refractivity contribution in [2.24, 2.45) is 5.92 Å². The molecule has 2 rings (SSSR count). The lowest BCUT2D eigenvalue weighted by Gasteiger charge is -2.26. The van der Waals surface area contributed by atoms with Crippen molar-refractivity contribution in [2.75, 3.05) is 31.1 Å². The monoisotopic (exact) mass is 288 g/mol. The van der Waals surface area contributed by atoms with Crippen molar-refractivity contribution >= 4 is 5.69 Å². The van der Waals surface area contributed by atoms with Crippen molar-refractivity contribution in [3.8, 4) is 0 Å². The summed E-state index contributed by atoms with van der Waals surface area (Å²) in [5.41, 5.74) is 1.37. The van der Waals surface area contributed by atoms with E-state index in [0.717, 1.165) is 19.0 Å². The molecule has 0 amide bonds. The van der Waals surface area contributed by atoms with Gasteiger partial charge in [-0.25, -0.2) is 0 Å². The maximum Gasteiger partial charge on any atom is 0.0366 e. The zero-order chi connectivity index (χ0) is 14.8. The molecule has 0 bridgehead atoms. The van der Waals surface area contributed by atoms with Crippen LogP contribution in [0.25, 0.3) is 0 Å². The van der Waals surface area contributed by atoms with Gasteiger partial charge in [0.2, 0.25) is 0 Å². The van der Waals surface area contributed by atoms with Crippen LogP contribution in [0.2, 0.25) is 0 Å². The van der Waals surface area contributed by atoms with E-state index in [0.29, 0.717) is 0 Å². The van der Waals surface area contributed by atoms with Gasteiger partial charge in [-0.15, -0.1) is 0 Å². The number of nitrogens with one attached hydrogen (secondary N) is 1. The van der Waals surface area contributed by atoms with E-state index in [2.05, 4.69) is 47.5 Å². The Bertz CT molecular complexity index is 357. The number of unbranched alkanes of at least 4 members (excludes halogenated alkanes) is 1. The van der Waals surface area contributed by atoms with Crippen molar-refractivity contribution in [2.45, 2.75) is 51.9 Å². The van der Waals surface area contributed by atoms with Crippen LogP contribution in [0, 0.1) is 5.92 Å². The topological polar surface area (TPSA) is 15.3 Å². The molecular formula is C19H32N2. The smallest absolute Gasteiger partial charge is 0.0366 e. The standard InChI is InChI=1S/C19H32N2/c1-2-3-15-21(19-12-8-5-9-13-19)16-14-20-17-18-10-6-4-7-11-18/h5,8-9,12-13,18,20H,2-4,6-7,10-11,14-17H2,1H3. The molecule has 0 saturated heterocycles. The van der Waals surface area contributed by atoms with Gasteiger partial charge in [0.25, 0.3) is 0 Å². The summed E-state index contributed by atoms with van der Waals surface area (Å²) in [4.78, 5) is 2.53. The Morgan fingerprint density at radius 3 is 2.52 bits per heavy atom. The summed E-state index contributed by atoms with van der Waals surface area (Å²) in [6.07, 6.45) is 9.75. The molecule has 1 aliphatic rings. The van der Waals surface area contributed by atoms with Crippen LogP contribution in [0.1, 0.15) is 51.9 Å². The molecule has 0 radical (unpaired) electrons. The van der Waals surface area contributed by atoms with Gasteiger partial charge < -0.3 is 10.2 Å². The summed E-state index contributed by atoms with van der Waals surface area (Å²) in [6.45, 7) is 6.89. The summed E-state index contributed by atoms with van der Waals surface area (Å²) < 4.78 is 0. The maximum absolute atomic E-state index is 3.69. The van der Waals surface area contributed by atoms with Crippen LogP contribution in [0.15, 0.2) is 30.3 Å². The quantitative estimate of drug-likeness (QED) is 0.675. The van der Waals surface area contributed by atoms with Crippen LogP contribution in [-0.4, -0.2) is 26.2 Å². The lowest BCUT2D eigenvalue weighted by atomic mass is 9.89. The molecule has 2 heteroatoms. The fraction of sp³-hybridized carbons (Fsp3) is 0.684. The van der Waals surface area contributed by atoms with Gasteiger partial charge in [0.15, 0.2) is 0 Å². The molecule has 0 atom stereocenters. The number of para-hydroxylation sites is 1. The Morgan fingerprint density at radius 1 is 1.05 bits per heavy atom. The molecule has 1 N–H and O–H groups in total.